The van der Waals surface area contributed by atoms with Gasteiger partial charge in [0.2, 0.25) is 23.6 Å². The molecule has 0 spiro atoms. The van der Waals surface area contributed by atoms with Crippen molar-refractivity contribution in [2.45, 2.75) is 76.5 Å². The fourth-order valence-corrected chi connectivity index (χ4v) is 4.84. The molecule has 0 bridgehead atoms. The van der Waals surface area contributed by atoms with E-state index < -0.39 is 53.8 Å². The van der Waals surface area contributed by atoms with Crippen molar-refractivity contribution in [3.8, 4) is 0 Å². The molecule has 0 aliphatic carbocycles. The monoisotopic (exact) mass is 542 g/mol. The molecule has 8 N–H and O–H groups in total. The number of para-hydroxylation sites is 1. The lowest BCUT2D eigenvalue weighted by molar-refractivity contribution is -0.150. The van der Waals surface area contributed by atoms with Crippen LogP contribution in [-0.2, 0) is 30.4 Å². The molecule has 12 nitrogen and oxygen atoms in total. The predicted molar refractivity (Wildman–Crippen MR) is 144 cm³/mol. The number of primary amides is 1. The van der Waals surface area contributed by atoms with Crippen molar-refractivity contribution < 1.29 is 29.1 Å². The molecule has 2 heterocycles. The number of amides is 4. The van der Waals surface area contributed by atoms with Crippen LogP contribution < -0.4 is 22.1 Å². The van der Waals surface area contributed by atoms with E-state index >= 15 is 0 Å². The number of nitrogens with zero attached hydrogens (tertiary/aromatic N) is 1. The summed E-state index contributed by atoms with van der Waals surface area (Å²) in [7, 11) is 0. The quantitative estimate of drug-likeness (QED) is 0.210. The van der Waals surface area contributed by atoms with Gasteiger partial charge in [-0.3, -0.25) is 19.2 Å². The van der Waals surface area contributed by atoms with Gasteiger partial charge in [-0.05, 0) is 36.8 Å². The normalized spacial score (nSPS) is 18.2. The number of fused-ring (bicyclic) bond motifs is 1. The van der Waals surface area contributed by atoms with Gasteiger partial charge in [0.15, 0.2) is 0 Å². The summed E-state index contributed by atoms with van der Waals surface area (Å²) in [6, 6.07) is 3.43. The van der Waals surface area contributed by atoms with Gasteiger partial charge in [-0.1, -0.05) is 38.5 Å². The highest BCUT2D eigenvalue weighted by atomic mass is 16.4. The highest BCUT2D eigenvalue weighted by molar-refractivity contribution is 5.95. The number of rotatable bonds is 13. The Hall–Kier alpha value is -3.93. The molecular weight excluding hydrogens is 504 g/mol. The fourth-order valence-electron chi connectivity index (χ4n) is 4.84. The zero-order valence-corrected chi connectivity index (χ0v) is 22.3. The number of nitrogens with two attached hydrogens (primary N) is 2. The zero-order chi connectivity index (χ0) is 28.7. The lowest BCUT2D eigenvalue weighted by Crippen LogP contribution is -2.59. The summed E-state index contributed by atoms with van der Waals surface area (Å²) >= 11 is 0. The van der Waals surface area contributed by atoms with Crippen molar-refractivity contribution in [3.63, 3.8) is 0 Å². The van der Waals surface area contributed by atoms with Gasteiger partial charge < -0.3 is 37.1 Å². The van der Waals surface area contributed by atoms with E-state index in [9.17, 15) is 29.1 Å². The molecule has 212 valence electrons. The van der Waals surface area contributed by atoms with Crippen molar-refractivity contribution in [2.24, 2.45) is 17.4 Å². The smallest absolute Gasteiger partial charge is 0.326 e. The average Bonchev–Trinajstić information content (AvgIpc) is 3.57. The number of carboxylic acids is 1. The number of hydrogen-bond donors (Lipinski definition) is 6. The summed E-state index contributed by atoms with van der Waals surface area (Å²) in [5.74, 6) is -3.65. The van der Waals surface area contributed by atoms with Gasteiger partial charge in [0.05, 0.1) is 6.04 Å². The first-order valence-electron chi connectivity index (χ1n) is 13.3. The fraction of sp³-hybridized carbons (Fsp3) is 0.519. The average molecular weight is 543 g/mol. The number of carbonyl (C=O) groups is 5. The molecule has 0 saturated carbocycles. The number of aromatic amines is 1. The number of carboxylic acid groups (broad SMARTS) is 1. The summed E-state index contributed by atoms with van der Waals surface area (Å²) in [6.45, 7) is 3.98. The minimum Gasteiger partial charge on any atom is -0.480 e. The van der Waals surface area contributed by atoms with Gasteiger partial charge in [-0.15, -0.1) is 0 Å². The van der Waals surface area contributed by atoms with E-state index in [-0.39, 0.29) is 25.2 Å². The molecule has 1 aromatic heterocycles. The SMILES string of the molecule is CCC(C)C(NC(=O)C(Cc1c[nH]c2ccccc12)NC(=O)C(N)CCC(N)=O)C(=O)N1CCCC1C(=O)O. The first-order valence-corrected chi connectivity index (χ1v) is 13.3. The molecule has 4 amide bonds. The van der Waals surface area contributed by atoms with Crippen LogP contribution >= 0.6 is 0 Å². The maximum absolute atomic E-state index is 13.7. The summed E-state index contributed by atoms with van der Waals surface area (Å²) in [5, 5.41) is 15.9. The number of carbonyl (C=O) groups excluding carboxylic acids is 4. The Kier molecular flexibility index (Phi) is 10.0. The molecule has 2 aromatic rings. The van der Waals surface area contributed by atoms with Crippen molar-refractivity contribution in [2.75, 3.05) is 6.54 Å². The van der Waals surface area contributed by atoms with E-state index in [1.807, 2.05) is 38.1 Å². The third kappa shape index (κ3) is 7.34. The lowest BCUT2D eigenvalue weighted by Gasteiger charge is -2.31. The van der Waals surface area contributed by atoms with Crippen molar-refractivity contribution in [3.05, 3.63) is 36.0 Å². The Morgan fingerprint density at radius 2 is 1.87 bits per heavy atom. The van der Waals surface area contributed by atoms with Gasteiger partial charge >= 0.3 is 5.97 Å². The highest BCUT2D eigenvalue weighted by Gasteiger charge is 2.40. The second-order valence-corrected chi connectivity index (χ2v) is 10.1. The molecule has 5 atom stereocenters. The minimum absolute atomic E-state index is 0.0160. The highest BCUT2D eigenvalue weighted by Crippen LogP contribution is 2.22. The van der Waals surface area contributed by atoms with E-state index in [1.165, 1.54) is 4.90 Å². The Balaban J connectivity index is 1.85. The van der Waals surface area contributed by atoms with Crippen LogP contribution in [0.4, 0.5) is 0 Å². The Morgan fingerprint density at radius 3 is 2.54 bits per heavy atom. The van der Waals surface area contributed by atoms with Crippen LogP contribution in [0.25, 0.3) is 10.9 Å². The number of benzene rings is 1. The second kappa shape index (κ2) is 13.2. The van der Waals surface area contributed by atoms with Gasteiger partial charge in [-0.25, -0.2) is 4.79 Å². The maximum atomic E-state index is 13.7. The topological polar surface area (TPSA) is 201 Å². The van der Waals surface area contributed by atoms with Crippen molar-refractivity contribution >= 4 is 40.5 Å². The molecule has 39 heavy (non-hydrogen) atoms. The van der Waals surface area contributed by atoms with Gasteiger partial charge in [0, 0.05) is 36.5 Å². The molecule has 0 radical (unpaired) electrons. The largest absolute Gasteiger partial charge is 0.480 e. The van der Waals surface area contributed by atoms with Crippen LogP contribution in [0.15, 0.2) is 30.5 Å². The second-order valence-electron chi connectivity index (χ2n) is 10.1. The third-order valence-corrected chi connectivity index (χ3v) is 7.37. The third-order valence-electron chi connectivity index (χ3n) is 7.37. The molecule has 5 unspecified atom stereocenters. The van der Waals surface area contributed by atoms with Crippen LogP contribution in [0.1, 0.15) is 51.5 Å². The first kappa shape index (κ1) is 29.6. The van der Waals surface area contributed by atoms with Crippen LogP contribution in [0.5, 0.6) is 0 Å². The lowest BCUT2D eigenvalue weighted by atomic mass is 9.96. The minimum atomic E-state index is -1.09. The number of likely N-dealkylation sites (tertiary alicyclic amines) is 1. The zero-order valence-electron chi connectivity index (χ0n) is 22.3. The summed E-state index contributed by atoms with van der Waals surface area (Å²) in [4.78, 5) is 67.3. The van der Waals surface area contributed by atoms with Gasteiger partial charge in [0.25, 0.3) is 0 Å². The van der Waals surface area contributed by atoms with Crippen molar-refractivity contribution in [1.82, 2.24) is 20.5 Å². The van der Waals surface area contributed by atoms with E-state index in [0.29, 0.717) is 25.8 Å². The van der Waals surface area contributed by atoms with E-state index in [4.69, 9.17) is 11.5 Å². The number of nitrogens with one attached hydrogen (secondary N) is 3. The maximum Gasteiger partial charge on any atom is 0.326 e. The standard InChI is InChI=1S/C27H38N6O6/c1-3-15(2)23(26(37)33-12-6-9-21(33)27(38)39)32-25(36)20(31-24(35)18(28)10-11-22(29)34)13-16-14-30-19-8-5-4-7-17(16)19/h4-5,7-8,14-15,18,20-21,23,30H,3,6,9-13,28H2,1-2H3,(H2,29,34)(H,31,35)(H,32,36)(H,38,39). The number of H-pyrrole nitrogens is 1. The first-order chi connectivity index (χ1) is 18.5. The van der Waals surface area contributed by atoms with Crippen LogP contribution in [0, 0.1) is 5.92 Å². The van der Waals surface area contributed by atoms with E-state index in [1.54, 1.807) is 6.20 Å². The molecular formula is C27H38N6O6. The number of hydrogen-bond acceptors (Lipinski definition) is 6. The molecule has 1 fully saturated rings. The van der Waals surface area contributed by atoms with Gasteiger partial charge in [0.1, 0.15) is 18.1 Å². The summed E-state index contributed by atoms with van der Waals surface area (Å²) in [5.41, 5.74) is 12.8. The molecule has 12 heteroatoms. The summed E-state index contributed by atoms with van der Waals surface area (Å²) < 4.78 is 0. The number of aromatic nitrogens is 1. The molecule has 3 rings (SSSR count). The van der Waals surface area contributed by atoms with E-state index in [0.717, 1.165) is 16.5 Å². The van der Waals surface area contributed by atoms with Gasteiger partial charge in [-0.2, -0.15) is 0 Å². The van der Waals surface area contributed by atoms with Crippen LogP contribution in [-0.4, -0.2) is 75.3 Å². The predicted octanol–water partition coefficient (Wildman–Crippen LogP) is 0.395. The molecule has 1 aliphatic rings. The van der Waals surface area contributed by atoms with Crippen LogP contribution in [0.2, 0.25) is 0 Å². The molecule has 1 saturated heterocycles. The van der Waals surface area contributed by atoms with E-state index in [2.05, 4.69) is 15.6 Å². The number of aliphatic carboxylic acids is 1. The Bertz CT molecular complexity index is 1210. The Morgan fingerprint density at radius 1 is 1.15 bits per heavy atom. The molecule has 1 aliphatic heterocycles. The van der Waals surface area contributed by atoms with Crippen LogP contribution in [0.3, 0.4) is 0 Å². The summed E-state index contributed by atoms with van der Waals surface area (Å²) in [6.07, 6.45) is 3.26. The Labute approximate surface area is 226 Å². The van der Waals surface area contributed by atoms with Crippen molar-refractivity contribution in [1.29, 1.82) is 0 Å². The molecule has 1 aromatic carbocycles.